The first kappa shape index (κ1) is 20.0. The number of Topliss-reactive ketones (excluding diaryl/α,β-unsaturated/α-hetero) is 1. The van der Waals surface area contributed by atoms with Crippen LogP contribution in [0.25, 0.3) is 22.3 Å². The highest BCUT2D eigenvalue weighted by Crippen LogP contribution is 2.22. The number of halogens is 1. The topological polar surface area (TPSA) is 76.8 Å². The fourth-order valence-electron chi connectivity index (χ4n) is 3.77. The van der Waals surface area contributed by atoms with Crippen molar-refractivity contribution in [1.82, 2.24) is 14.3 Å². The molecule has 5 aromatic rings. The Morgan fingerprint density at radius 2 is 1.56 bits per heavy atom. The Morgan fingerprint density at radius 3 is 2.28 bits per heavy atom. The highest BCUT2D eigenvalue weighted by Gasteiger charge is 2.18. The SMILES string of the molecule is N=c1n(CC(=O)c2cc(-c3ccc(Cl)cc3)no2)c2ccccc2n1Cc1ccccc1. The molecule has 5 rings (SSSR count). The minimum absolute atomic E-state index is 0.0175. The van der Waals surface area contributed by atoms with Gasteiger partial charge in [-0.05, 0) is 29.8 Å². The minimum atomic E-state index is -0.251. The number of para-hydroxylation sites is 2. The normalized spacial score (nSPS) is 11.2. The fourth-order valence-corrected chi connectivity index (χ4v) is 3.89. The molecule has 0 fully saturated rings. The number of carbonyl (C=O) groups excluding carboxylic acids is 1. The molecule has 6 nitrogen and oxygen atoms in total. The smallest absolute Gasteiger partial charge is 0.220 e. The number of imidazole rings is 1. The van der Waals surface area contributed by atoms with Crippen molar-refractivity contribution in [3.8, 4) is 11.3 Å². The lowest BCUT2D eigenvalue weighted by Gasteiger charge is -2.04. The zero-order valence-corrected chi connectivity index (χ0v) is 17.8. The van der Waals surface area contributed by atoms with Gasteiger partial charge in [0.25, 0.3) is 0 Å². The van der Waals surface area contributed by atoms with Gasteiger partial charge in [-0.2, -0.15) is 0 Å². The third-order valence-corrected chi connectivity index (χ3v) is 5.64. The lowest BCUT2D eigenvalue weighted by Crippen LogP contribution is -2.27. The number of hydrogen-bond donors (Lipinski definition) is 1. The van der Waals surface area contributed by atoms with E-state index in [4.69, 9.17) is 21.5 Å². The molecule has 1 N–H and O–H groups in total. The molecule has 158 valence electrons. The Hall–Kier alpha value is -3.90. The molecule has 0 aliphatic heterocycles. The zero-order valence-electron chi connectivity index (χ0n) is 17.0. The molecular formula is C25H19ClN4O2. The summed E-state index contributed by atoms with van der Waals surface area (Å²) >= 11 is 5.94. The van der Waals surface area contributed by atoms with Gasteiger partial charge in [0.1, 0.15) is 5.69 Å². The molecule has 2 aromatic heterocycles. The summed E-state index contributed by atoms with van der Waals surface area (Å²) in [4.78, 5) is 13.0. The largest absolute Gasteiger partial charge is 0.352 e. The first-order chi connectivity index (χ1) is 15.6. The van der Waals surface area contributed by atoms with Crippen LogP contribution in [-0.4, -0.2) is 20.1 Å². The number of rotatable bonds is 6. The van der Waals surface area contributed by atoms with Gasteiger partial charge in [-0.25, -0.2) is 0 Å². The van der Waals surface area contributed by atoms with Crippen molar-refractivity contribution in [2.75, 3.05) is 0 Å². The quantitative estimate of drug-likeness (QED) is 0.369. The third kappa shape index (κ3) is 3.76. The second-order valence-corrected chi connectivity index (χ2v) is 7.91. The number of nitrogens with one attached hydrogen (secondary N) is 1. The maximum absolute atomic E-state index is 13.0. The summed E-state index contributed by atoms with van der Waals surface area (Å²) in [6, 6.07) is 26.5. The van der Waals surface area contributed by atoms with Gasteiger partial charge in [0, 0.05) is 16.7 Å². The fraction of sp³-hybridized carbons (Fsp3) is 0.0800. The van der Waals surface area contributed by atoms with E-state index in [0.717, 1.165) is 22.2 Å². The summed E-state index contributed by atoms with van der Waals surface area (Å²) in [5.74, 6) is -0.0967. The standard InChI is InChI=1S/C25H19ClN4O2/c26-19-12-10-18(11-13-19)20-14-24(32-28-20)23(31)16-30-22-9-5-4-8-21(22)29(25(30)27)15-17-6-2-1-3-7-17/h1-14,27H,15-16H2. The van der Waals surface area contributed by atoms with E-state index in [9.17, 15) is 4.79 Å². The van der Waals surface area contributed by atoms with Crippen LogP contribution in [0.2, 0.25) is 5.02 Å². The van der Waals surface area contributed by atoms with E-state index in [1.54, 1.807) is 22.8 Å². The molecule has 7 heteroatoms. The number of fused-ring (bicyclic) bond motifs is 1. The maximum atomic E-state index is 13.0. The summed E-state index contributed by atoms with van der Waals surface area (Å²) in [6.07, 6.45) is 0. The van der Waals surface area contributed by atoms with Gasteiger partial charge in [0.05, 0.1) is 24.1 Å². The van der Waals surface area contributed by atoms with E-state index in [0.29, 0.717) is 17.3 Å². The first-order valence-corrected chi connectivity index (χ1v) is 10.5. The van der Waals surface area contributed by atoms with Crippen LogP contribution in [0.3, 0.4) is 0 Å². The van der Waals surface area contributed by atoms with Gasteiger partial charge < -0.3 is 13.7 Å². The van der Waals surface area contributed by atoms with Crippen molar-refractivity contribution in [3.05, 3.63) is 107 Å². The molecule has 0 bridgehead atoms. The predicted molar refractivity (Wildman–Crippen MR) is 123 cm³/mol. The van der Waals surface area contributed by atoms with Gasteiger partial charge in [0.2, 0.25) is 17.2 Å². The molecule has 0 saturated carbocycles. The van der Waals surface area contributed by atoms with Gasteiger partial charge in [-0.15, -0.1) is 0 Å². The van der Waals surface area contributed by atoms with Crippen LogP contribution >= 0.6 is 11.6 Å². The van der Waals surface area contributed by atoms with Crippen LogP contribution in [0.15, 0.2) is 89.5 Å². The Labute approximate surface area is 188 Å². The highest BCUT2D eigenvalue weighted by atomic mass is 35.5. The number of ketones is 1. The van der Waals surface area contributed by atoms with Crippen molar-refractivity contribution in [3.63, 3.8) is 0 Å². The van der Waals surface area contributed by atoms with Crippen LogP contribution in [-0.2, 0) is 13.1 Å². The average molecular weight is 443 g/mol. The molecule has 0 aliphatic carbocycles. The molecule has 2 heterocycles. The monoisotopic (exact) mass is 442 g/mol. The maximum Gasteiger partial charge on any atom is 0.220 e. The van der Waals surface area contributed by atoms with Gasteiger partial charge in [0.15, 0.2) is 0 Å². The lowest BCUT2D eigenvalue weighted by atomic mass is 10.1. The average Bonchev–Trinajstić information content (AvgIpc) is 3.41. The van der Waals surface area contributed by atoms with Crippen molar-refractivity contribution in [1.29, 1.82) is 5.41 Å². The van der Waals surface area contributed by atoms with Crippen molar-refractivity contribution in [2.45, 2.75) is 13.1 Å². The molecule has 0 unspecified atom stereocenters. The highest BCUT2D eigenvalue weighted by molar-refractivity contribution is 6.30. The second kappa shape index (κ2) is 8.32. The molecule has 0 atom stereocenters. The summed E-state index contributed by atoms with van der Waals surface area (Å²) in [5, 5.41) is 13.4. The van der Waals surface area contributed by atoms with E-state index in [1.807, 2.05) is 71.3 Å². The van der Waals surface area contributed by atoms with Crippen LogP contribution in [0.5, 0.6) is 0 Å². The summed E-state index contributed by atoms with van der Waals surface area (Å²) in [7, 11) is 0. The molecular weight excluding hydrogens is 424 g/mol. The van der Waals surface area contributed by atoms with E-state index < -0.39 is 0 Å². The van der Waals surface area contributed by atoms with Crippen LogP contribution in [0.4, 0.5) is 0 Å². The number of benzene rings is 3. The van der Waals surface area contributed by atoms with Crippen molar-refractivity contribution >= 4 is 28.4 Å². The van der Waals surface area contributed by atoms with Crippen molar-refractivity contribution in [2.24, 2.45) is 0 Å². The van der Waals surface area contributed by atoms with Crippen molar-refractivity contribution < 1.29 is 9.32 Å². The van der Waals surface area contributed by atoms with Crippen LogP contribution < -0.4 is 5.62 Å². The molecule has 32 heavy (non-hydrogen) atoms. The zero-order chi connectivity index (χ0) is 22.1. The molecule has 3 aromatic carbocycles. The van der Waals surface area contributed by atoms with E-state index >= 15 is 0 Å². The number of carbonyl (C=O) groups is 1. The van der Waals surface area contributed by atoms with Gasteiger partial charge in [-0.3, -0.25) is 10.2 Å². The molecule has 0 aliphatic rings. The second-order valence-electron chi connectivity index (χ2n) is 7.48. The van der Waals surface area contributed by atoms with E-state index in [-0.39, 0.29) is 23.7 Å². The summed E-state index contributed by atoms with van der Waals surface area (Å²) in [5.41, 5.74) is 4.43. The minimum Gasteiger partial charge on any atom is -0.352 e. The molecule has 0 amide bonds. The Kier molecular flexibility index (Phi) is 5.21. The summed E-state index contributed by atoms with van der Waals surface area (Å²) in [6.45, 7) is 0.529. The molecule has 0 spiro atoms. The van der Waals surface area contributed by atoms with Crippen LogP contribution in [0, 0.1) is 5.41 Å². The van der Waals surface area contributed by atoms with E-state index in [2.05, 4.69) is 5.16 Å². The third-order valence-electron chi connectivity index (χ3n) is 5.38. The predicted octanol–water partition coefficient (Wildman–Crippen LogP) is 5.16. The first-order valence-electron chi connectivity index (χ1n) is 10.1. The van der Waals surface area contributed by atoms with Gasteiger partial charge in [-0.1, -0.05) is 71.4 Å². The van der Waals surface area contributed by atoms with Gasteiger partial charge >= 0.3 is 0 Å². The lowest BCUT2D eigenvalue weighted by molar-refractivity contribution is 0.0935. The van der Waals surface area contributed by atoms with Crippen LogP contribution in [0.1, 0.15) is 16.1 Å². The Bertz CT molecular complexity index is 1460. The molecule has 0 radical (unpaired) electrons. The number of nitrogens with zero attached hydrogens (tertiary/aromatic N) is 3. The number of aromatic nitrogens is 3. The number of hydrogen-bond acceptors (Lipinski definition) is 4. The summed E-state index contributed by atoms with van der Waals surface area (Å²) < 4.78 is 8.92. The Balaban J connectivity index is 1.47. The Morgan fingerprint density at radius 1 is 0.906 bits per heavy atom. The van der Waals surface area contributed by atoms with E-state index in [1.165, 1.54) is 0 Å². The molecule has 0 saturated heterocycles.